The molecule has 0 amide bonds. The van der Waals surface area contributed by atoms with Crippen molar-refractivity contribution < 1.29 is 22.1 Å². The maximum Gasteiger partial charge on any atom is 0.265 e. The van der Waals surface area contributed by atoms with Gasteiger partial charge in [0.25, 0.3) is 10.1 Å². The summed E-state index contributed by atoms with van der Waals surface area (Å²) in [4.78, 5) is 12.7. The van der Waals surface area contributed by atoms with Crippen LogP contribution in [0.15, 0.2) is 53.0 Å². The van der Waals surface area contributed by atoms with Crippen LogP contribution in [0, 0.1) is 0 Å². The summed E-state index contributed by atoms with van der Waals surface area (Å²) in [6.07, 6.45) is -1.17. The fraction of sp³-hybridized carbons (Fsp3) is 0.188. The van der Waals surface area contributed by atoms with Crippen molar-refractivity contribution in [3.8, 4) is 5.75 Å². The molecule has 0 spiro atoms. The molecule has 0 radical (unpaired) electrons. The average molecular weight is 397 g/mol. The number of hydrogen-bond acceptors (Lipinski definition) is 5. The van der Waals surface area contributed by atoms with Gasteiger partial charge in [-0.05, 0) is 29.8 Å². The highest BCUT2D eigenvalue weighted by molar-refractivity contribution is 9.10. The van der Waals surface area contributed by atoms with Crippen LogP contribution < -0.4 is 4.74 Å². The molecule has 2 atom stereocenters. The molecule has 2 aromatic rings. The third kappa shape index (κ3) is 3.46. The highest BCUT2D eigenvalue weighted by Crippen LogP contribution is 2.37. The van der Waals surface area contributed by atoms with Crippen LogP contribution >= 0.6 is 15.9 Å². The van der Waals surface area contributed by atoms with E-state index in [0.29, 0.717) is 16.9 Å². The fourth-order valence-electron chi connectivity index (χ4n) is 2.44. The number of halogens is 1. The number of ketones is 1. The van der Waals surface area contributed by atoms with E-state index in [2.05, 4.69) is 15.9 Å². The van der Waals surface area contributed by atoms with Crippen molar-refractivity contribution in [2.24, 2.45) is 0 Å². The quantitative estimate of drug-likeness (QED) is 0.745. The van der Waals surface area contributed by atoms with Gasteiger partial charge in [-0.15, -0.1) is 0 Å². The van der Waals surface area contributed by atoms with Gasteiger partial charge in [0.1, 0.15) is 5.75 Å². The van der Waals surface area contributed by atoms with E-state index >= 15 is 0 Å². The summed E-state index contributed by atoms with van der Waals surface area (Å²) >= 11 is 3.34. The van der Waals surface area contributed by atoms with Crippen molar-refractivity contribution in [2.75, 3.05) is 6.26 Å². The van der Waals surface area contributed by atoms with E-state index < -0.39 is 28.1 Å². The molecule has 3 rings (SSSR count). The maximum absolute atomic E-state index is 12.7. The third-order valence-electron chi connectivity index (χ3n) is 3.42. The summed E-state index contributed by atoms with van der Waals surface area (Å²) < 4.78 is 34.9. The molecule has 0 aliphatic carbocycles. The molecule has 0 N–H and O–H groups in total. The van der Waals surface area contributed by atoms with Crippen molar-refractivity contribution in [2.45, 2.75) is 12.2 Å². The van der Waals surface area contributed by atoms with Crippen LogP contribution in [0.3, 0.4) is 0 Å². The zero-order valence-electron chi connectivity index (χ0n) is 12.1. The molecule has 1 aliphatic rings. The highest BCUT2D eigenvalue weighted by atomic mass is 79.9. The van der Waals surface area contributed by atoms with Gasteiger partial charge in [-0.3, -0.25) is 8.98 Å². The van der Waals surface area contributed by atoms with Gasteiger partial charge >= 0.3 is 0 Å². The number of carbonyl (C=O) groups excluding carboxylic acids is 1. The molecule has 0 bridgehead atoms. The zero-order chi connectivity index (χ0) is 16.6. The number of benzene rings is 2. The molecule has 1 heterocycles. The van der Waals surface area contributed by atoms with Gasteiger partial charge in [0, 0.05) is 4.47 Å². The average Bonchev–Trinajstić information content (AvgIpc) is 2.50. The predicted molar refractivity (Wildman–Crippen MR) is 88.0 cm³/mol. The van der Waals surface area contributed by atoms with E-state index in [1.165, 1.54) is 0 Å². The number of ether oxygens (including phenoxy) is 1. The molecule has 0 saturated heterocycles. The summed E-state index contributed by atoms with van der Waals surface area (Å²) in [6, 6.07) is 13.8. The van der Waals surface area contributed by atoms with Gasteiger partial charge in [-0.2, -0.15) is 8.42 Å². The van der Waals surface area contributed by atoms with Crippen LogP contribution in [0.5, 0.6) is 5.75 Å². The number of fused-ring (bicyclic) bond motifs is 1. The van der Waals surface area contributed by atoms with E-state index in [9.17, 15) is 13.2 Å². The van der Waals surface area contributed by atoms with Crippen molar-refractivity contribution in [3.05, 3.63) is 64.1 Å². The van der Waals surface area contributed by atoms with Gasteiger partial charge in [-0.25, -0.2) is 0 Å². The number of carbonyl (C=O) groups is 1. The summed E-state index contributed by atoms with van der Waals surface area (Å²) in [5.74, 6) is 0.00367. The van der Waals surface area contributed by atoms with Crippen molar-refractivity contribution >= 4 is 31.8 Å². The van der Waals surface area contributed by atoms with Crippen LogP contribution in [0.1, 0.15) is 22.0 Å². The molecule has 5 nitrogen and oxygen atoms in total. The number of Topliss-reactive ketones (excluding diaryl/α,β-unsaturated/α-hetero) is 1. The molecule has 0 aromatic heterocycles. The smallest absolute Gasteiger partial charge is 0.265 e. The Labute approximate surface area is 142 Å². The lowest BCUT2D eigenvalue weighted by Gasteiger charge is -2.31. The second-order valence-corrected chi connectivity index (χ2v) is 7.69. The van der Waals surface area contributed by atoms with Gasteiger partial charge in [0.2, 0.25) is 5.78 Å². The zero-order valence-corrected chi connectivity index (χ0v) is 14.5. The normalized spacial score (nSPS) is 20.7. The van der Waals surface area contributed by atoms with Crippen molar-refractivity contribution in [3.63, 3.8) is 0 Å². The Bertz CT molecular complexity index is 845. The van der Waals surface area contributed by atoms with Crippen molar-refractivity contribution in [1.82, 2.24) is 0 Å². The highest BCUT2D eigenvalue weighted by Gasteiger charge is 2.41. The number of para-hydroxylation sites is 1. The number of hydrogen-bond donors (Lipinski definition) is 0. The van der Waals surface area contributed by atoms with Gasteiger partial charge < -0.3 is 4.74 Å². The van der Waals surface area contributed by atoms with Gasteiger partial charge in [0.15, 0.2) is 12.2 Å². The predicted octanol–water partition coefficient (Wildman–Crippen LogP) is 3.11. The Morgan fingerprint density at radius 1 is 1.09 bits per heavy atom. The molecule has 0 fully saturated rings. The Balaban J connectivity index is 2.07. The monoisotopic (exact) mass is 396 g/mol. The Kier molecular flexibility index (Phi) is 4.27. The molecule has 120 valence electrons. The van der Waals surface area contributed by atoms with Crippen LogP contribution in [-0.4, -0.2) is 26.6 Å². The summed E-state index contributed by atoms with van der Waals surface area (Å²) in [5, 5.41) is 0. The minimum absolute atomic E-state index is 0.314. The van der Waals surface area contributed by atoms with E-state index in [1.54, 1.807) is 48.5 Å². The molecule has 1 aliphatic heterocycles. The first-order valence-corrected chi connectivity index (χ1v) is 9.40. The maximum atomic E-state index is 12.7. The summed E-state index contributed by atoms with van der Waals surface area (Å²) in [6.45, 7) is 0. The molecular formula is C16H13BrO5S. The number of rotatable bonds is 3. The minimum Gasteiger partial charge on any atom is -0.482 e. The van der Waals surface area contributed by atoms with Crippen molar-refractivity contribution in [1.29, 1.82) is 0 Å². The summed E-state index contributed by atoms with van der Waals surface area (Å²) in [5.41, 5.74) is 0.971. The van der Waals surface area contributed by atoms with Gasteiger partial charge in [-0.1, -0.05) is 40.2 Å². The van der Waals surface area contributed by atoms with E-state index in [0.717, 1.165) is 10.7 Å². The molecule has 2 aromatic carbocycles. The van der Waals surface area contributed by atoms with E-state index in [-0.39, 0.29) is 0 Å². The van der Waals surface area contributed by atoms with Crippen LogP contribution in [0.25, 0.3) is 0 Å². The largest absolute Gasteiger partial charge is 0.482 e. The van der Waals surface area contributed by atoms with E-state index in [4.69, 9.17) is 8.92 Å². The topological polar surface area (TPSA) is 69.7 Å². The summed E-state index contributed by atoms with van der Waals surface area (Å²) in [7, 11) is -3.82. The minimum atomic E-state index is -3.82. The first-order valence-electron chi connectivity index (χ1n) is 6.79. The first-order chi connectivity index (χ1) is 10.8. The Hall–Kier alpha value is -1.70. The van der Waals surface area contributed by atoms with Crippen LogP contribution in [0.2, 0.25) is 0 Å². The first kappa shape index (κ1) is 16.2. The molecule has 2 unspecified atom stereocenters. The van der Waals surface area contributed by atoms with Crippen LogP contribution in [0.4, 0.5) is 0 Å². The molecule has 0 saturated carbocycles. The van der Waals surface area contributed by atoms with Crippen LogP contribution in [-0.2, 0) is 14.3 Å². The molecule has 7 heteroatoms. The molecule has 23 heavy (non-hydrogen) atoms. The lowest BCUT2D eigenvalue weighted by Crippen LogP contribution is -2.39. The second kappa shape index (κ2) is 6.07. The second-order valence-electron chi connectivity index (χ2n) is 5.17. The lowest BCUT2D eigenvalue weighted by molar-refractivity contribution is 0.0347. The third-order valence-corrected chi connectivity index (χ3v) is 4.50. The van der Waals surface area contributed by atoms with Gasteiger partial charge in [0.05, 0.1) is 11.8 Å². The molecular weight excluding hydrogens is 384 g/mol. The Morgan fingerprint density at radius 3 is 2.39 bits per heavy atom. The lowest BCUT2D eigenvalue weighted by atomic mass is 9.94. The SMILES string of the molecule is CS(=O)(=O)OC1C(=O)c2ccccc2OC1c1ccc(Br)cc1. The standard InChI is InChI=1S/C16H13BrO5S/c1-23(19,20)22-16-14(18)12-4-2-3-5-13(12)21-15(16)10-6-8-11(17)9-7-10/h2-9,15-16H,1H3. The fourth-order valence-corrected chi connectivity index (χ4v) is 3.27. The van der Waals surface area contributed by atoms with E-state index in [1.807, 2.05) is 0 Å². The Morgan fingerprint density at radius 2 is 1.74 bits per heavy atom.